The molecule has 0 spiro atoms. The second-order valence-electron chi connectivity index (χ2n) is 3.50. The average Bonchev–Trinajstić information content (AvgIpc) is 3.11. The van der Waals surface area contributed by atoms with Gasteiger partial charge >= 0.3 is 8.25 Å². The fourth-order valence-corrected chi connectivity index (χ4v) is 1.82. The molecule has 110 valence electrons. The van der Waals surface area contributed by atoms with Crippen molar-refractivity contribution in [2.75, 3.05) is 14.2 Å². The minimum Gasteiger partial charge on any atom is -0.479 e. The van der Waals surface area contributed by atoms with Gasteiger partial charge in [-0.25, -0.2) is 0 Å². The molecule has 2 rings (SSSR count). The van der Waals surface area contributed by atoms with E-state index in [1.54, 1.807) is 0 Å². The third kappa shape index (κ3) is 4.09. The number of hydrogen-bond acceptors (Lipinski definition) is 9. The van der Waals surface area contributed by atoms with Crippen molar-refractivity contribution in [2.24, 2.45) is 0 Å². The third-order valence-corrected chi connectivity index (χ3v) is 2.92. The van der Waals surface area contributed by atoms with Crippen molar-refractivity contribution in [2.45, 2.75) is 13.2 Å². The van der Waals surface area contributed by atoms with Gasteiger partial charge in [0.15, 0.2) is 11.5 Å². The first kappa shape index (κ1) is 14.6. The van der Waals surface area contributed by atoms with Crippen molar-refractivity contribution in [1.82, 2.24) is 10.3 Å². The van der Waals surface area contributed by atoms with E-state index in [1.807, 2.05) is 0 Å². The Kier molecular flexibility index (Phi) is 5.16. The summed E-state index contributed by atoms with van der Waals surface area (Å²) in [6.45, 7) is -0.0677. The molecule has 9 nitrogen and oxygen atoms in total. The Labute approximate surface area is 114 Å². The second kappa shape index (κ2) is 7.09. The summed E-state index contributed by atoms with van der Waals surface area (Å²) in [5.74, 6) is 1.39. The van der Waals surface area contributed by atoms with Crippen LogP contribution in [0.25, 0.3) is 0 Å². The van der Waals surface area contributed by atoms with E-state index in [0.29, 0.717) is 23.3 Å². The van der Waals surface area contributed by atoms with Crippen LogP contribution in [0.15, 0.2) is 21.2 Å². The highest BCUT2D eigenvalue weighted by atomic mass is 31.1. The topological polar surface area (TPSA) is 106 Å². The van der Waals surface area contributed by atoms with E-state index in [0.717, 1.165) is 0 Å². The zero-order valence-corrected chi connectivity index (χ0v) is 11.8. The Bertz CT molecular complexity index is 519. The molecule has 0 radical (unpaired) electrons. The largest absolute Gasteiger partial charge is 0.479 e. The minimum absolute atomic E-state index is 0.0338. The van der Waals surface area contributed by atoms with E-state index < -0.39 is 8.25 Å². The Morgan fingerprint density at radius 1 is 1.00 bits per heavy atom. The lowest BCUT2D eigenvalue weighted by Crippen LogP contribution is -1.87. The summed E-state index contributed by atoms with van der Waals surface area (Å²) in [5.41, 5.74) is 0. The van der Waals surface area contributed by atoms with Crippen LogP contribution in [0, 0.1) is 0 Å². The second-order valence-corrected chi connectivity index (χ2v) is 4.58. The van der Waals surface area contributed by atoms with Crippen LogP contribution in [0.5, 0.6) is 11.8 Å². The molecule has 2 aromatic rings. The molecular weight excluding hydrogens is 291 g/mol. The lowest BCUT2D eigenvalue weighted by molar-refractivity contribution is 0.179. The lowest BCUT2D eigenvalue weighted by Gasteiger charge is -2.01. The van der Waals surface area contributed by atoms with Crippen molar-refractivity contribution in [3.63, 3.8) is 0 Å². The van der Waals surface area contributed by atoms with Crippen LogP contribution in [-0.2, 0) is 26.8 Å². The molecule has 0 saturated heterocycles. The van der Waals surface area contributed by atoms with Gasteiger partial charge in [-0.3, -0.25) is 4.57 Å². The lowest BCUT2D eigenvalue weighted by atomic mass is 10.5. The van der Waals surface area contributed by atoms with E-state index in [2.05, 4.69) is 10.3 Å². The number of rotatable bonds is 8. The zero-order chi connectivity index (χ0) is 14.4. The Morgan fingerprint density at radius 2 is 1.45 bits per heavy atom. The first-order chi connectivity index (χ1) is 9.71. The molecular formula is C10H13N2O7P. The van der Waals surface area contributed by atoms with E-state index in [1.165, 1.54) is 26.4 Å². The van der Waals surface area contributed by atoms with Crippen LogP contribution >= 0.6 is 8.25 Å². The fraction of sp³-hybridized carbons (Fsp3) is 0.400. The highest BCUT2D eigenvalue weighted by Crippen LogP contribution is 2.28. The zero-order valence-electron chi connectivity index (χ0n) is 10.8. The van der Waals surface area contributed by atoms with E-state index in [-0.39, 0.29) is 13.2 Å². The Morgan fingerprint density at radius 3 is 1.80 bits per heavy atom. The number of nitrogens with zero attached hydrogens (tertiary/aromatic N) is 2. The molecule has 0 atom stereocenters. The van der Waals surface area contributed by atoms with Gasteiger partial charge in [-0.15, -0.1) is 0 Å². The monoisotopic (exact) mass is 304 g/mol. The molecule has 0 N–H and O–H groups in total. The number of ether oxygens (including phenoxy) is 2. The van der Waals surface area contributed by atoms with E-state index >= 15 is 0 Å². The van der Waals surface area contributed by atoms with Crippen LogP contribution in [-0.4, -0.2) is 24.5 Å². The summed E-state index contributed by atoms with van der Waals surface area (Å²) < 4.78 is 40.8. The van der Waals surface area contributed by atoms with Crippen molar-refractivity contribution >= 4 is 8.25 Å². The molecule has 2 aromatic heterocycles. The van der Waals surface area contributed by atoms with Crippen molar-refractivity contribution in [3.8, 4) is 11.8 Å². The summed E-state index contributed by atoms with van der Waals surface area (Å²) in [4.78, 5) is 0. The smallest absolute Gasteiger partial charge is 0.320 e. The summed E-state index contributed by atoms with van der Waals surface area (Å²) in [6.07, 6.45) is 0. The van der Waals surface area contributed by atoms with Crippen molar-refractivity contribution in [1.29, 1.82) is 0 Å². The average molecular weight is 304 g/mol. The van der Waals surface area contributed by atoms with Gasteiger partial charge in [0.25, 0.3) is 11.8 Å². The molecule has 2 heterocycles. The summed E-state index contributed by atoms with van der Waals surface area (Å²) in [5, 5.41) is 7.14. The Balaban J connectivity index is 1.72. The molecule has 20 heavy (non-hydrogen) atoms. The molecule has 0 aliphatic carbocycles. The normalized spacial score (nSPS) is 10.9. The minimum atomic E-state index is -2.69. The number of hydrogen-bond donors (Lipinski definition) is 0. The van der Waals surface area contributed by atoms with Crippen molar-refractivity contribution in [3.05, 3.63) is 23.7 Å². The van der Waals surface area contributed by atoms with Gasteiger partial charge in [-0.1, -0.05) is 0 Å². The maximum absolute atomic E-state index is 11.5. The number of methoxy groups -OCH3 is 2. The summed E-state index contributed by atoms with van der Waals surface area (Å²) in [7, 11) is 0.230. The molecule has 0 fully saturated rings. The molecule has 0 aliphatic heterocycles. The van der Waals surface area contributed by atoms with Crippen LogP contribution in [0.2, 0.25) is 0 Å². The molecule has 0 saturated carbocycles. The first-order valence-electron chi connectivity index (χ1n) is 5.50. The molecule has 0 bridgehead atoms. The first-order valence-corrected chi connectivity index (χ1v) is 6.72. The molecule has 10 heteroatoms. The van der Waals surface area contributed by atoms with Crippen LogP contribution in [0.4, 0.5) is 0 Å². The van der Waals surface area contributed by atoms with Crippen LogP contribution < -0.4 is 9.47 Å². The third-order valence-electron chi connectivity index (χ3n) is 2.16. The SMILES string of the molecule is COc1cc(CO[PH](=O)OCc2cc(OC)no2)on1. The van der Waals surface area contributed by atoms with E-state index in [4.69, 9.17) is 27.6 Å². The predicted molar refractivity (Wildman–Crippen MR) is 64.7 cm³/mol. The standard InChI is InChI=1S/C10H13N2O7P/c1-14-9-3-7(18-11-9)5-16-20(13)17-6-8-4-10(15-2)12-19-8/h3-4,20H,5-6H2,1-2H3. The van der Waals surface area contributed by atoms with Crippen LogP contribution in [0.3, 0.4) is 0 Å². The quantitative estimate of drug-likeness (QED) is 0.674. The van der Waals surface area contributed by atoms with Gasteiger partial charge in [0.1, 0.15) is 13.2 Å². The van der Waals surface area contributed by atoms with Crippen molar-refractivity contribution < 1.29 is 32.1 Å². The van der Waals surface area contributed by atoms with Gasteiger partial charge < -0.3 is 27.6 Å². The highest BCUT2D eigenvalue weighted by Gasteiger charge is 2.09. The van der Waals surface area contributed by atoms with Gasteiger partial charge in [0.2, 0.25) is 0 Å². The molecule has 0 unspecified atom stereocenters. The predicted octanol–water partition coefficient (Wildman–Crippen LogP) is 1.80. The maximum Gasteiger partial charge on any atom is 0.320 e. The van der Waals surface area contributed by atoms with Crippen LogP contribution in [0.1, 0.15) is 11.5 Å². The van der Waals surface area contributed by atoms with Gasteiger partial charge in [0.05, 0.1) is 14.2 Å². The van der Waals surface area contributed by atoms with Gasteiger partial charge in [-0.05, 0) is 10.3 Å². The molecule has 0 aliphatic rings. The molecule has 0 amide bonds. The summed E-state index contributed by atoms with van der Waals surface area (Å²) in [6, 6.07) is 3.05. The maximum atomic E-state index is 11.5. The Hall–Kier alpha value is -1.83. The van der Waals surface area contributed by atoms with Gasteiger partial charge in [-0.2, -0.15) is 0 Å². The number of aromatic nitrogens is 2. The van der Waals surface area contributed by atoms with Gasteiger partial charge in [0, 0.05) is 12.1 Å². The molecule has 0 aromatic carbocycles. The fourth-order valence-electron chi connectivity index (χ4n) is 1.22. The van der Waals surface area contributed by atoms with E-state index in [9.17, 15) is 4.57 Å². The summed E-state index contributed by atoms with van der Waals surface area (Å²) >= 11 is 0. The highest BCUT2D eigenvalue weighted by molar-refractivity contribution is 7.33.